The second-order valence-electron chi connectivity index (χ2n) is 8.17. The standard InChI is InChI=1S/C18H29NO3/c1-3-17(4-2,16(21)22)11-19-15(20)18-8-12-5-13(9-18)7-14(6-12)10-18/h12-14H,3-11H2,1-2H3,(H,19,20)(H,21,22). The van der Waals surface area contributed by atoms with Gasteiger partial charge in [0, 0.05) is 12.0 Å². The minimum Gasteiger partial charge on any atom is -0.481 e. The molecule has 1 amide bonds. The fraction of sp³-hybridized carbons (Fsp3) is 0.889. The van der Waals surface area contributed by atoms with E-state index in [0.717, 1.165) is 37.0 Å². The average Bonchev–Trinajstić information content (AvgIpc) is 2.46. The van der Waals surface area contributed by atoms with Gasteiger partial charge in [0.1, 0.15) is 0 Å². The number of hydrogen-bond donors (Lipinski definition) is 2. The Balaban J connectivity index is 1.68. The monoisotopic (exact) mass is 307 g/mol. The van der Waals surface area contributed by atoms with Crippen molar-refractivity contribution in [3.05, 3.63) is 0 Å². The lowest BCUT2D eigenvalue weighted by Gasteiger charge is -2.55. The third kappa shape index (κ3) is 2.44. The zero-order valence-corrected chi connectivity index (χ0v) is 13.9. The maximum Gasteiger partial charge on any atom is 0.311 e. The predicted molar refractivity (Wildman–Crippen MR) is 84.3 cm³/mol. The normalized spacial score (nSPS) is 36.4. The summed E-state index contributed by atoms with van der Waals surface area (Å²) in [6.07, 6.45) is 8.15. The SMILES string of the molecule is CCC(CC)(CNC(=O)C12CC3CC(CC(C3)C1)C2)C(=O)O. The molecule has 4 bridgehead atoms. The number of carbonyl (C=O) groups is 2. The lowest BCUT2D eigenvalue weighted by atomic mass is 9.49. The van der Waals surface area contributed by atoms with E-state index in [9.17, 15) is 14.7 Å². The van der Waals surface area contributed by atoms with Crippen LogP contribution in [0.25, 0.3) is 0 Å². The number of carboxylic acids is 1. The Morgan fingerprint density at radius 3 is 1.86 bits per heavy atom. The third-order valence-electron chi connectivity index (χ3n) is 6.91. The Labute approximate surface area is 133 Å². The number of rotatable bonds is 6. The molecule has 2 N–H and O–H groups in total. The Hall–Kier alpha value is -1.06. The van der Waals surface area contributed by atoms with Gasteiger partial charge in [-0.05, 0) is 69.1 Å². The van der Waals surface area contributed by atoms with Crippen molar-refractivity contribution in [1.29, 1.82) is 0 Å². The van der Waals surface area contributed by atoms with E-state index in [1.165, 1.54) is 19.3 Å². The van der Waals surface area contributed by atoms with Crippen molar-refractivity contribution in [2.24, 2.45) is 28.6 Å². The molecule has 4 fully saturated rings. The lowest BCUT2D eigenvalue weighted by molar-refractivity contribution is -0.152. The topological polar surface area (TPSA) is 66.4 Å². The van der Waals surface area contributed by atoms with Gasteiger partial charge in [0.2, 0.25) is 5.91 Å². The Morgan fingerprint density at radius 2 is 1.50 bits per heavy atom. The fourth-order valence-electron chi connectivity index (χ4n) is 5.70. The lowest BCUT2D eigenvalue weighted by Crippen LogP contribution is -2.55. The van der Waals surface area contributed by atoms with Crippen LogP contribution in [-0.4, -0.2) is 23.5 Å². The highest BCUT2D eigenvalue weighted by Gasteiger charge is 2.54. The molecule has 0 aromatic heterocycles. The second kappa shape index (κ2) is 5.54. The Bertz CT molecular complexity index is 432. The van der Waals surface area contributed by atoms with E-state index in [4.69, 9.17) is 0 Å². The molecule has 22 heavy (non-hydrogen) atoms. The van der Waals surface area contributed by atoms with Crippen LogP contribution in [-0.2, 0) is 9.59 Å². The van der Waals surface area contributed by atoms with Crippen molar-refractivity contribution < 1.29 is 14.7 Å². The van der Waals surface area contributed by atoms with Gasteiger partial charge < -0.3 is 10.4 Å². The molecule has 0 aromatic rings. The third-order valence-corrected chi connectivity index (χ3v) is 6.91. The fourth-order valence-corrected chi connectivity index (χ4v) is 5.70. The van der Waals surface area contributed by atoms with Crippen molar-refractivity contribution in [1.82, 2.24) is 5.32 Å². The first-order chi connectivity index (χ1) is 10.4. The maximum atomic E-state index is 12.9. The quantitative estimate of drug-likeness (QED) is 0.792. The predicted octanol–water partition coefficient (Wildman–Crippen LogP) is 3.21. The highest BCUT2D eigenvalue weighted by molar-refractivity contribution is 5.84. The summed E-state index contributed by atoms with van der Waals surface area (Å²) < 4.78 is 0. The molecule has 4 heteroatoms. The average molecular weight is 307 g/mol. The first-order valence-corrected chi connectivity index (χ1v) is 8.95. The molecule has 0 radical (unpaired) electrons. The van der Waals surface area contributed by atoms with E-state index in [0.29, 0.717) is 12.8 Å². The zero-order chi connectivity index (χ0) is 16.0. The first kappa shape index (κ1) is 15.8. The summed E-state index contributed by atoms with van der Waals surface area (Å²) in [4.78, 5) is 24.5. The van der Waals surface area contributed by atoms with Gasteiger partial charge in [-0.2, -0.15) is 0 Å². The molecule has 124 valence electrons. The maximum absolute atomic E-state index is 12.9. The van der Waals surface area contributed by atoms with Crippen molar-refractivity contribution >= 4 is 11.9 Å². The number of hydrogen-bond acceptors (Lipinski definition) is 2. The van der Waals surface area contributed by atoms with Crippen LogP contribution in [0.5, 0.6) is 0 Å². The molecule has 4 rings (SSSR count). The molecular weight excluding hydrogens is 278 g/mol. The van der Waals surface area contributed by atoms with Crippen molar-refractivity contribution in [3.63, 3.8) is 0 Å². The molecule has 0 atom stereocenters. The van der Waals surface area contributed by atoms with Crippen molar-refractivity contribution in [2.45, 2.75) is 65.2 Å². The van der Waals surface area contributed by atoms with Crippen LogP contribution in [0.2, 0.25) is 0 Å². The molecule has 4 aliphatic rings. The van der Waals surface area contributed by atoms with Crippen molar-refractivity contribution in [3.8, 4) is 0 Å². The molecule has 0 aliphatic heterocycles. The second-order valence-corrected chi connectivity index (χ2v) is 8.17. The Kier molecular flexibility index (Phi) is 3.98. The summed E-state index contributed by atoms with van der Waals surface area (Å²) in [6.45, 7) is 4.07. The van der Waals surface area contributed by atoms with Crippen LogP contribution in [0.1, 0.15) is 65.2 Å². The summed E-state index contributed by atoms with van der Waals surface area (Å²) in [5.41, 5.74) is -0.988. The molecule has 4 nitrogen and oxygen atoms in total. The highest BCUT2D eigenvalue weighted by atomic mass is 16.4. The van der Waals surface area contributed by atoms with E-state index < -0.39 is 11.4 Å². The smallest absolute Gasteiger partial charge is 0.311 e. The van der Waals surface area contributed by atoms with Crippen LogP contribution in [0.15, 0.2) is 0 Å². The molecule has 4 saturated carbocycles. The van der Waals surface area contributed by atoms with Crippen LogP contribution in [0.4, 0.5) is 0 Å². The minimum atomic E-state index is -0.808. The molecule has 0 spiro atoms. The van der Waals surface area contributed by atoms with Gasteiger partial charge in [-0.25, -0.2) is 0 Å². The van der Waals surface area contributed by atoms with Gasteiger partial charge in [-0.15, -0.1) is 0 Å². The van der Waals surface area contributed by atoms with E-state index in [1.54, 1.807) is 0 Å². The van der Waals surface area contributed by atoms with Crippen LogP contribution in [0.3, 0.4) is 0 Å². The number of nitrogens with one attached hydrogen (secondary N) is 1. The Morgan fingerprint density at radius 1 is 1.05 bits per heavy atom. The molecule has 0 saturated heterocycles. The zero-order valence-electron chi connectivity index (χ0n) is 13.9. The van der Waals surface area contributed by atoms with Gasteiger partial charge in [0.05, 0.1) is 5.41 Å². The van der Waals surface area contributed by atoms with E-state index in [2.05, 4.69) is 5.32 Å². The number of carbonyl (C=O) groups excluding carboxylic acids is 1. The minimum absolute atomic E-state index is 0.138. The highest BCUT2D eigenvalue weighted by Crippen LogP contribution is 2.60. The summed E-state index contributed by atoms with van der Waals surface area (Å²) in [7, 11) is 0. The summed E-state index contributed by atoms with van der Waals surface area (Å²) >= 11 is 0. The van der Waals surface area contributed by atoms with E-state index >= 15 is 0 Å². The molecular formula is C18H29NO3. The largest absolute Gasteiger partial charge is 0.481 e. The number of amides is 1. The van der Waals surface area contributed by atoms with Gasteiger partial charge in [0.15, 0.2) is 0 Å². The van der Waals surface area contributed by atoms with E-state index in [-0.39, 0.29) is 17.9 Å². The van der Waals surface area contributed by atoms with Gasteiger partial charge in [-0.1, -0.05) is 13.8 Å². The summed E-state index contributed by atoms with van der Waals surface area (Å²) in [5.74, 6) is 1.55. The number of carboxylic acid groups (broad SMARTS) is 1. The van der Waals surface area contributed by atoms with Gasteiger partial charge in [0.25, 0.3) is 0 Å². The van der Waals surface area contributed by atoms with Gasteiger partial charge in [-0.3, -0.25) is 9.59 Å². The summed E-state index contributed by atoms with van der Waals surface area (Å²) in [5, 5.41) is 12.6. The molecule has 4 aliphatic carbocycles. The van der Waals surface area contributed by atoms with Crippen molar-refractivity contribution in [2.75, 3.05) is 6.54 Å². The van der Waals surface area contributed by atoms with Crippen LogP contribution >= 0.6 is 0 Å². The van der Waals surface area contributed by atoms with E-state index in [1.807, 2.05) is 13.8 Å². The molecule has 0 unspecified atom stereocenters. The van der Waals surface area contributed by atoms with Gasteiger partial charge >= 0.3 is 5.97 Å². The molecule has 0 aromatic carbocycles. The molecule has 0 heterocycles. The summed E-state index contributed by atoms with van der Waals surface area (Å²) in [6, 6.07) is 0. The van der Waals surface area contributed by atoms with Crippen LogP contribution < -0.4 is 5.32 Å². The first-order valence-electron chi connectivity index (χ1n) is 8.95. The number of aliphatic carboxylic acids is 1. The van der Waals surface area contributed by atoms with Crippen LogP contribution in [0, 0.1) is 28.6 Å².